The summed E-state index contributed by atoms with van der Waals surface area (Å²) in [6, 6.07) is 12.7. The molecule has 5 nitrogen and oxygen atoms in total. The molecular weight excluding hydrogens is 359 g/mol. The van der Waals surface area contributed by atoms with Crippen LogP contribution in [-0.4, -0.2) is 15.9 Å². The highest BCUT2D eigenvalue weighted by atomic mass is 35.5. The van der Waals surface area contributed by atoms with Crippen molar-refractivity contribution in [2.45, 2.75) is 6.92 Å². The summed E-state index contributed by atoms with van der Waals surface area (Å²) < 4.78 is 0. The number of benzene rings is 2. The fourth-order valence-corrected chi connectivity index (χ4v) is 2.42. The normalized spacial score (nSPS) is 10.4. The summed E-state index contributed by atoms with van der Waals surface area (Å²) in [5.74, 6) is 0.0345. The number of carbonyl (C=O) groups excluding carboxylic acids is 1. The summed E-state index contributed by atoms with van der Waals surface area (Å²) in [7, 11) is 0. The van der Waals surface area contributed by atoms with Gasteiger partial charge in [-0.05, 0) is 31.2 Å². The standard InChI is InChI=1S/C18H14Cl2N4O/c1-11-5-7-13(8-6-11)23-17(25)12-9-21-18(22-10-12)24-15-4-2-3-14(19)16(15)20/h2-10H,1H3,(H,23,25)(H,21,22,24). The van der Waals surface area contributed by atoms with Crippen LogP contribution >= 0.6 is 23.2 Å². The fraction of sp³-hybridized carbons (Fsp3) is 0.0556. The summed E-state index contributed by atoms with van der Waals surface area (Å²) >= 11 is 12.1. The van der Waals surface area contributed by atoms with E-state index in [2.05, 4.69) is 20.6 Å². The summed E-state index contributed by atoms with van der Waals surface area (Å²) in [6.07, 6.45) is 2.88. The van der Waals surface area contributed by atoms with Crippen LogP contribution < -0.4 is 10.6 Å². The Kier molecular flexibility index (Phi) is 5.16. The van der Waals surface area contributed by atoms with Crippen LogP contribution in [-0.2, 0) is 0 Å². The van der Waals surface area contributed by atoms with E-state index >= 15 is 0 Å². The molecule has 0 saturated heterocycles. The molecule has 0 bridgehead atoms. The zero-order valence-electron chi connectivity index (χ0n) is 13.3. The number of amides is 1. The van der Waals surface area contributed by atoms with Crippen molar-refractivity contribution >= 4 is 46.4 Å². The first-order chi connectivity index (χ1) is 12.0. The van der Waals surface area contributed by atoms with Crippen LogP contribution in [0.25, 0.3) is 0 Å². The van der Waals surface area contributed by atoms with E-state index in [1.807, 2.05) is 31.2 Å². The molecule has 2 N–H and O–H groups in total. The second-order valence-corrected chi connectivity index (χ2v) is 6.13. The number of halogens is 2. The largest absolute Gasteiger partial charge is 0.323 e. The van der Waals surface area contributed by atoms with Crippen molar-refractivity contribution in [1.29, 1.82) is 0 Å². The van der Waals surface area contributed by atoms with E-state index in [0.717, 1.165) is 5.56 Å². The molecule has 0 spiro atoms. The van der Waals surface area contributed by atoms with Crippen molar-refractivity contribution in [3.63, 3.8) is 0 Å². The number of aromatic nitrogens is 2. The van der Waals surface area contributed by atoms with Gasteiger partial charge in [-0.2, -0.15) is 0 Å². The number of anilines is 3. The Hall–Kier alpha value is -2.63. The molecule has 0 saturated carbocycles. The van der Waals surface area contributed by atoms with Gasteiger partial charge in [0, 0.05) is 18.1 Å². The average molecular weight is 373 g/mol. The number of hydrogen-bond acceptors (Lipinski definition) is 4. The van der Waals surface area contributed by atoms with Crippen LogP contribution in [0.1, 0.15) is 15.9 Å². The van der Waals surface area contributed by atoms with Gasteiger partial charge in [-0.3, -0.25) is 4.79 Å². The molecule has 0 aliphatic rings. The van der Waals surface area contributed by atoms with E-state index in [1.165, 1.54) is 12.4 Å². The van der Waals surface area contributed by atoms with E-state index in [9.17, 15) is 4.79 Å². The van der Waals surface area contributed by atoms with Crippen LogP contribution in [0.2, 0.25) is 10.0 Å². The fourth-order valence-electron chi connectivity index (χ4n) is 2.07. The van der Waals surface area contributed by atoms with Crippen LogP contribution in [0.4, 0.5) is 17.3 Å². The molecule has 7 heteroatoms. The number of rotatable bonds is 4. The van der Waals surface area contributed by atoms with Crippen molar-refractivity contribution in [2.75, 3.05) is 10.6 Å². The lowest BCUT2D eigenvalue weighted by Crippen LogP contribution is -2.13. The lowest BCUT2D eigenvalue weighted by molar-refractivity contribution is 0.102. The van der Waals surface area contributed by atoms with E-state index in [-0.39, 0.29) is 5.91 Å². The Morgan fingerprint density at radius 3 is 2.36 bits per heavy atom. The van der Waals surface area contributed by atoms with Gasteiger partial charge in [0.15, 0.2) is 0 Å². The SMILES string of the molecule is Cc1ccc(NC(=O)c2cnc(Nc3cccc(Cl)c3Cl)nc2)cc1. The van der Waals surface area contributed by atoms with E-state index in [4.69, 9.17) is 23.2 Å². The maximum atomic E-state index is 12.2. The Labute approximate surface area is 155 Å². The minimum Gasteiger partial charge on any atom is -0.323 e. The molecule has 3 rings (SSSR count). The first-order valence-electron chi connectivity index (χ1n) is 7.44. The maximum Gasteiger partial charge on any atom is 0.258 e. The van der Waals surface area contributed by atoms with E-state index in [1.54, 1.807) is 18.2 Å². The predicted octanol–water partition coefficient (Wildman–Crippen LogP) is 5.09. The zero-order valence-corrected chi connectivity index (χ0v) is 14.8. The predicted molar refractivity (Wildman–Crippen MR) is 101 cm³/mol. The third-order valence-electron chi connectivity index (χ3n) is 3.42. The summed E-state index contributed by atoms with van der Waals surface area (Å²) in [5, 5.41) is 6.57. The van der Waals surface area contributed by atoms with Crippen molar-refractivity contribution in [3.05, 3.63) is 76.0 Å². The molecule has 0 aliphatic heterocycles. The minimum absolute atomic E-state index is 0.281. The van der Waals surface area contributed by atoms with Gasteiger partial charge in [-0.1, -0.05) is 47.0 Å². The molecule has 0 radical (unpaired) electrons. The van der Waals surface area contributed by atoms with Crippen molar-refractivity contribution in [3.8, 4) is 0 Å². The number of nitrogens with one attached hydrogen (secondary N) is 2. The highest BCUT2D eigenvalue weighted by Crippen LogP contribution is 2.30. The lowest BCUT2D eigenvalue weighted by atomic mass is 10.2. The first-order valence-corrected chi connectivity index (χ1v) is 8.19. The topological polar surface area (TPSA) is 66.9 Å². The number of carbonyl (C=O) groups is 1. The molecule has 0 fully saturated rings. The molecule has 25 heavy (non-hydrogen) atoms. The molecule has 1 aromatic heterocycles. The molecular formula is C18H14Cl2N4O. The molecule has 0 atom stereocenters. The van der Waals surface area contributed by atoms with Gasteiger partial charge in [0.05, 0.1) is 21.3 Å². The van der Waals surface area contributed by atoms with Crippen molar-refractivity contribution in [1.82, 2.24) is 9.97 Å². The van der Waals surface area contributed by atoms with Gasteiger partial charge >= 0.3 is 0 Å². The molecule has 1 amide bonds. The van der Waals surface area contributed by atoms with Crippen molar-refractivity contribution < 1.29 is 4.79 Å². The Balaban J connectivity index is 1.70. The first kappa shape index (κ1) is 17.2. The Morgan fingerprint density at radius 2 is 1.68 bits per heavy atom. The Bertz CT molecular complexity index is 896. The molecule has 0 unspecified atom stereocenters. The quantitative estimate of drug-likeness (QED) is 0.669. The maximum absolute atomic E-state index is 12.2. The smallest absolute Gasteiger partial charge is 0.258 e. The second-order valence-electron chi connectivity index (χ2n) is 5.34. The highest BCUT2D eigenvalue weighted by molar-refractivity contribution is 6.43. The minimum atomic E-state index is -0.281. The van der Waals surface area contributed by atoms with Crippen LogP contribution in [0.5, 0.6) is 0 Å². The summed E-state index contributed by atoms with van der Waals surface area (Å²) in [5.41, 5.74) is 2.77. The number of nitrogens with zero attached hydrogens (tertiary/aromatic N) is 2. The lowest BCUT2D eigenvalue weighted by Gasteiger charge is -2.08. The average Bonchev–Trinajstić information content (AvgIpc) is 2.61. The van der Waals surface area contributed by atoms with Gasteiger partial charge in [0.1, 0.15) is 0 Å². The van der Waals surface area contributed by atoms with Gasteiger partial charge in [-0.25, -0.2) is 9.97 Å². The van der Waals surface area contributed by atoms with Gasteiger partial charge in [0.25, 0.3) is 5.91 Å². The molecule has 3 aromatic rings. The van der Waals surface area contributed by atoms with Gasteiger partial charge in [-0.15, -0.1) is 0 Å². The molecule has 2 aromatic carbocycles. The van der Waals surface area contributed by atoms with Gasteiger partial charge < -0.3 is 10.6 Å². The van der Waals surface area contributed by atoms with Crippen LogP contribution in [0.15, 0.2) is 54.9 Å². The monoisotopic (exact) mass is 372 g/mol. The molecule has 0 aliphatic carbocycles. The van der Waals surface area contributed by atoms with Crippen LogP contribution in [0.3, 0.4) is 0 Å². The molecule has 126 valence electrons. The summed E-state index contributed by atoms with van der Waals surface area (Å²) in [4.78, 5) is 20.5. The van der Waals surface area contributed by atoms with Crippen molar-refractivity contribution in [2.24, 2.45) is 0 Å². The third-order valence-corrected chi connectivity index (χ3v) is 4.24. The molecule has 1 heterocycles. The van der Waals surface area contributed by atoms with Gasteiger partial charge in [0.2, 0.25) is 5.95 Å². The highest BCUT2D eigenvalue weighted by Gasteiger charge is 2.09. The zero-order chi connectivity index (χ0) is 17.8. The summed E-state index contributed by atoms with van der Waals surface area (Å²) in [6.45, 7) is 1.98. The van der Waals surface area contributed by atoms with E-state index < -0.39 is 0 Å². The van der Waals surface area contributed by atoms with E-state index in [0.29, 0.717) is 32.9 Å². The number of hydrogen-bond donors (Lipinski definition) is 2. The Morgan fingerprint density at radius 1 is 1.00 bits per heavy atom. The number of aryl methyl sites for hydroxylation is 1. The third kappa shape index (κ3) is 4.26. The van der Waals surface area contributed by atoms with Crippen LogP contribution in [0, 0.1) is 6.92 Å². The second kappa shape index (κ2) is 7.51.